The highest BCUT2D eigenvalue weighted by atomic mass is 32.1. The molecule has 0 spiro atoms. The maximum Gasteiger partial charge on any atom is 0.225 e. The first-order chi connectivity index (χ1) is 8.34. The average Bonchev–Trinajstić information content (AvgIpc) is 2.29. The van der Waals surface area contributed by atoms with Crippen molar-refractivity contribution in [1.82, 2.24) is 15.5 Å². The molecule has 0 aromatic rings. The van der Waals surface area contributed by atoms with E-state index < -0.39 is 0 Å². The topological polar surface area (TPSA) is 44.4 Å². The Bertz CT molecular complexity index is 304. The van der Waals surface area contributed by atoms with Gasteiger partial charge in [-0.1, -0.05) is 20.8 Å². The van der Waals surface area contributed by atoms with E-state index in [0.717, 1.165) is 37.6 Å². The lowest BCUT2D eigenvalue weighted by Gasteiger charge is -2.35. The van der Waals surface area contributed by atoms with E-state index in [1.807, 2.05) is 27.7 Å². The summed E-state index contributed by atoms with van der Waals surface area (Å²) >= 11 is 5.29. The number of carbonyl (C=O) groups is 1. The van der Waals surface area contributed by atoms with Crippen LogP contribution in [0.5, 0.6) is 0 Å². The Labute approximate surface area is 115 Å². The van der Waals surface area contributed by atoms with Crippen LogP contribution in [0.3, 0.4) is 0 Å². The molecule has 0 aliphatic carbocycles. The number of hydrogen-bond donors (Lipinski definition) is 2. The molecule has 1 amide bonds. The highest BCUT2D eigenvalue weighted by molar-refractivity contribution is 7.80. The van der Waals surface area contributed by atoms with Crippen molar-refractivity contribution in [2.24, 2.45) is 5.41 Å². The Kier molecular flexibility index (Phi) is 5.38. The molecule has 1 rings (SSSR count). The van der Waals surface area contributed by atoms with Gasteiger partial charge in [-0.3, -0.25) is 4.79 Å². The number of nitrogens with zero attached hydrogens (tertiary/aromatic N) is 1. The van der Waals surface area contributed by atoms with Gasteiger partial charge in [0.15, 0.2) is 5.11 Å². The smallest absolute Gasteiger partial charge is 0.225 e. The van der Waals surface area contributed by atoms with Gasteiger partial charge in [-0.25, -0.2) is 0 Å². The summed E-state index contributed by atoms with van der Waals surface area (Å²) in [5.74, 6) is 0.134. The third-order valence-electron chi connectivity index (χ3n) is 3.13. The SMILES string of the molecule is CCNC(=S)N1CCC(NC(=O)C(C)(C)C)CC1. The Hall–Kier alpha value is -0.840. The van der Waals surface area contributed by atoms with Gasteiger partial charge >= 0.3 is 0 Å². The van der Waals surface area contributed by atoms with Crippen molar-refractivity contribution in [1.29, 1.82) is 0 Å². The molecule has 1 heterocycles. The number of nitrogens with one attached hydrogen (secondary N) is 2. The Morgan fingerprint density at radius 1 is 1.33 bits per heavy atom. The third-order valence-corrected chi connectivity index (χ3v) is 3.53. The van der Waals surface area contributed by atoms with Gasteiger partial charge in [0.1, 0.15) is 0 Å². The number of likely N-dealkylation sites (tertiary alicyclic amines) is 1. The first-order valence-electron chi connectivity index (χ1n) is 6.68. The minimum atomic E-state index is -0.309. The molecule has 1 saturated heterocycles. The number of carbonyl (C=O) groups excluding carboxylic acids is 1. The predicted octanol–water partition coefficient (Wildman–Crippen LogP) is 1.51. The highest BCUT2D eigenvalue weighted by Crippen LogP contribution is 2.16. The summed E-state index contributed by atoms with van der Waals surface area (Å²) in [7, 11) is 0. The molecule has 4 nitrogen and oxygen atoms in total. The third kappa shape index (κ3) is 4.44. The number of hydrogen-bond acceptors (Lipinski definition) is 2. The second kappa shape index (κ2) is 6.36. The zero-order chi connectivity index (χ0) is 13.8. The van der Waals surface area contributed by atoms with Crippen LogP contribution < -0.4 is 10.6 Å². The van der Waals surface area contributed by atoms with Gasteiger partial charge in [-0.15, -0.1) is 0 Å². The first-order valence-corrected chi connectivity index (χ1v) is 7.09. The summed E-state index contributed by atoms with van der Waals surface area (Å²) < 4.78 is 0. The normalized spacial score (nSPS) is 17.4. The van der Waals surface area contributed by atoms with Crippen molar-refractivity contribution >= 4 is 23.2 Å². The van der Waals surface area contributed by atoms with Crippen molar-refractivity contribution in [2.75, 3.05) is 19.6 Å². The molecule has 0 unspecified atom stereocenters. The number of rotatable bonds is 2. The molecule has 18 heavy (non-hydrogen) atoms. The van der Waals surface area contributed by atoms with Gasteiger partial charge in [0.2, 0.25) is 5.91 Å². The lowest BCUT2D eigenvalue weighted by atomic mass is 9.94. The van der Waals surface area contributed by atoms with Crippen molar-refractivity contribution in [3.05, 3.63) is 0 Å². The van der Waals surface area contributed by atoms with Crippen LogP contribution in [0.2, 0.25) is 0 Å². The summed E-state index contributed by atoms with van der Waals surface area (Å²) in [6.45, 7) is 10.6. The second-order valence-electron chi connectivity index (χ2n) is 5.82. The van der Waals surface area contributed by atoms with Crippen LogP contribution in [0, 0.1) is 5.41 Å². The summed E-state index contributed by atoms with van der Waals surface area (Å²) in [4.78, 5) is 14.1. The molecule has 1 fully saturated rings. The van der Waals surface area contributed by atoms with E-state index in [-0.39, 0.29) is 17.4 Å². The van der Waals surface area contributed by atoms with Gasteiger partial charge in [0.25, 0.3) is 0 Å². The fourth-order valence-electron chi connectivity index (χ4n) is 1.89. The fourth-order valence-corrected chi connectivity index (χ4v) is 2.22. The van der Waals surface area contributed by atoms with E-state index in [2.05, 4.69) is 15.5 Å². The zero-order valence-corrected chi connectivity index (χ0v) is 12.7. The predicted molar refractivity (Wildman–Crippen MR) is 78.5 cm³/mol. The summed E-state index contributed by atoms with van der Waals surface area (Å²) in [5, 5.41) is 7.12. The van der Waals surface area contributed by atoms with Crippen molar-refractivity contribution in [2.45, 2.75) is 46.6 Å². The van der Waals surface area contributed by atoms with Crippen LogP contribution in [0.1, 0.15) is 40.5 Å². The molecule has 104 valence electrons. The molecule has 0 aromatic carbocycles. The van der Waals surface area contributed by atoms with Crippen LogP contribution in [-0.4, -0.2) is 41.6 Å². The molecule has 1 aliphatic rings. The van der Waals surface area contributed by atoms with E-state index in [1.165, 1.54) is 0 Å². The second-order valence-corrected chi connectivity index (χ2v) is 6.21. The van der Waals surface area contributed by atoms with Gasteiger partial charge < -0.3 is 15.5 Å². The Balaban J connectivity index is 2.36. The average molecular weight is 271 g/mol. The first kappa shape index (κ1) is 15.2. The molecule has 0 radical (unpaired) electrons. The van der Waals surface area contributed by atoms with Gasteiger partial charge in [-0.2, -0.15) is 0 Å². The number of thiocarbonyl (C=S) groups is 1. The van der Waals surface area contributed by atoms with Gasteiger partial charge in [0, 0.05) is 31.1 Å². The molecule has 1 aliphatic heterocycles. The minimum absolute atomic E-state index is 0.134. The Morgan fingerprint density at radius 3 is 2.33 bits per heavy atom. The van der Waals surface area contributed by atoms with E-state index in [1.54, 1.807) is 0 Å². The monoisotopic (exact) mass is 271 g/mol. The lowest BCUT2D eigenvalue weighted by molar-refractivity contribution is -0.129. The van der Waals surface area contributed by atoms with E-state index in [0.29, 0.717) is 0 Å². The maximum absolute atomic E-state index is 11.9. The van der Waals surface area contributed by atoms with Gasteiger partial charge in [-0.05, 0) is 32.0 Å². The standard InChI is InChI=1S/C13H25N3OS/c1-5-14-12(18)16-8-6-10(7-9-16)15-11(17)13(2,3)4/h10H,5-9H2,1-4H3,(H,14,18)(H,15,17). The summed E-state index contributed by atoms with van der Waals surface area (Å²) in [5.41, 5.74) is -0.309. The molecule has 0 atom stereocenters. The molecular formula is C13H25N3OS. The molecule has 0 aromatic heterocycles. The molecule has 2 N–H and O–H groups in total. The van der Waals surface area contributed by atoms with Crippen LogP contribution >= 0.6 is 12.2 Å². The van der Waals surface area contributed by atoms with Crippen molar-refractivity contribution in [3.8, 4) is 0 Å². The van der Waals surface area contributed by atoms with Crippen LogP contribution in [0.25, 0.3) is 0 Å². The van der Waals surface area contributed by atoms with Crippen molar-refractivity contribution < 1.29 is 4.79 Å². The van der Waals surface area contributed by atoms with E-state index >= 15 is 0 Å². The molecule has 0 saturated carbocycles. The molecular weight excluding hydrogens is 246 g/mol. The van der Waals surface area contributed by atoms with Crippen LogP contribution in [0.15, 0.2) is 0 Å². The Morgan fingerprint density at radius 2 is 1.89 bits per heavy atom. The summed E-state index contributed by atoms with van der Waals surface area (Å²) in [6.07, 6.45) is 1.93. The highest BCUT2D eigenvalue weighted by Gasteiger charge is 2.26. The van der Waals surface area contributed by atoms with E-state index in [9.17, 15) is 4.79 Å². The molecule has 0 bridgehead atoms. The minimum Gasteiger partial charge on any atom is -0.363 e. The van der Waals surface area contributed by atoms with Crippen molar-refractivity contribution in [3.63, 3.8) is 0 Å². The van der Waals surface area contributed by atoms with Crippen LogP contribution in [0.4, 0.5) is 0 Å². The number of amides is 1. The quantitative estimate of drug-likeness (QED) is 0.747. The lowest BCUT2D eigenvalue weighted by Crippen LogP contribution is -2.50. The van der Waals surface area contributed by atoms with Crippen LogP contribution in [-0.2, 0) is 4.79 Å². The molecule has 5 heteroatoms. The van der Waals surface area contributed by atoms with E-state index in [4.69, 9.17) is 12.2 Å². The largest absolute Gasteiger partial charge is 0.363 e. The summed E-state index contributed by atoms with van der Waals surface area (Å²) in [6, 6.07) is 0.289. The maximum atomic E-state index is 11.9. The fraction of sp³-hybridized carbons (Fsp3) is 0.846. The zero-order valence-electron chi connectivity index (χ0n) is 11.9. The number of piperidine rings is 1. The van der Waals surface area contributed by atoms with Gasteiger partial charge in [0.05, 0.1) is 0 Å².